The van der Waals surface area contributed by atoms with Gasteiger partial charge in [0.25, 0.3) is 11.8 Å². The van der Waals surface area contributed by atoms with E-state index in [-0.39, 0.29) is 12.2 Å². The Hall–Kier alpha value is -4.39. The smallest absolute Gasteiger partial charge is 0.276 e. The van der Waals surface area contributed by atoms with Gasteiger partial charge in [-0.05, 0) is 18.6 Å². The Morgan fingerprint density at radius 3 is 2.19 bits per heavy atom. The molecule has 0 spiro atoms. The third-order valence-corrected chi connectivity index (χ3v) is 4.78. The zero-order valence-corrected chi connectivity index (χ0v) is 17.4. The predicted octanol–water partition coefficient (Wildman–Crippen LogP) is 4.16. The third-order valence-electron chi connectivity index (χ3n) is 4.78. The fourth-order valence-corrected chi connectivity index (χ4v) is 3.25. The highest BCUT2D eigenvalue weighted by atomic mass is 16.5. The van der Waals surface area contributed by atoms with Gasteiger partial charge in [0.15, 0.2) is 6.61 Å². The Kier molecular flexibility index (Phi) is 6.27. The van der Waals surface area contributed by atoms with Crippen LogP contribution in [0.5, 0.6) is 5.75 Å². The van der Waals surface area contributed by atoms with E-state index in [9.17, 15) is 9.59 Å². The molecule has 1 heterocycles. The van der Waals surface area contributed by atoms with Crippen molar-refractivity contribution >= 4 is 11.8 Å². The quantitative estimate of drug-likeness (QED) is 0.451. The average molecular weight is 427 g/mol. The summed E-state index contributed by atoms with van der Waals surface area (Å²) in [6, 6.07) is 26.4. The van der Waals surface area contributed by atoms with E-state index in [4.69, 9.17) is 9.26 Å². The number of carbonyl (C=O) groups excluding carboxylic acids is 2. The number of carbonyl (C=O) groups is 2. The molecule has 7 nitrogen and oxygen atoms in total. The second kappa shape index (κ2) is 9.61. The standard InChI is InChI=1S/C25H21N3O4/c1-17-23(24(28-32-17)19-12-6-3-7-13-19)25(30)27-26-22(29)16-31-21-15-9-8-14-20(21)18-10-4-2-5-11-18/h2-15H,16H2,1H3,(H,26,29)(H,27,30). The van der Waals surface area contributed by atoms with E-state index < -0.39 is 11.8 Å². The van der Waals surface area contributed by atoms with Gasteiger partial charge in [-0.2, -0.15) is 0 Å². The summed E-state index contributed by atoms with van der Waals surface area (Å²) in [6.07, 6.45) is 0. The summed E-state index contributed by atoms with van der Waals surface area (Å²) >= 11 is 0. The van der Waals surface area contributed by atoms with Crippen LogP contribution in [-0.2, 0) is 4.79 Å². The Morgan fingerprint density at radius 2 is 1.47 bits per heavy atom. The van der Waals surface area contributed by atoms with Crippen LogP contribution in [0.1, 0.15) is 16.1 Å². The van der Waals surface area contributed by atoms with Crippen LogP contribution in [0.2, 0.25) is 0 Å². The molecule has 32 heavy (non-hydrogen) atoms. The Balaban J connectivity index is 1.38. The lowest BCUT2D eigenvalue weighted by molar-refractivity contribution is -0.123. The average Bonchev–Trinajstić information content (AvgIpc) is 3.24. The van der Waals surface area contributed by atoms with Crippen LogP contribution in [0.15, 0.2) is 89.5 Å². The molecular formula is C25H21N3O4. The van der Waals surface area contributed by atoms with Crippen LogP contribution < -0.4 is 15.6 Å². The number of hydrazine groups is 1. The van der Waals surface area contributed by atoms with E-state index in [0.29, 0.717) is 17.2 Å². The molecule has 0 aliphatic carbocycles. The lowest BCUT2D eigenvalue weighted by atomic mass is 10.1. The van der Waals surface area contributed by atoms with E-state index >= 15 is 0 Å². The van der Waals surface area contributed by atoms with Gasteiger partial charge in [-0.25, -0.2) is 0 Å². The predicted molar refractivity (Wildman–Crippen MR) is 120 cm³/mol. The molecule has 0 aliphatic rings. The topological polar surface area (TPSA) is 93.5 Å². The van der Waals surface area contributed by atoms with Crippen molar-refractivity contribution in [2.45, 2.75) is 6.92 Å². The highest BCUT2D eigenvalue weighted by Crippen LogP contribution is 2.29. The van der Waals surface area contributed by atoms with E-state index in [2.05, 4.69) is 16.0 Å². The number of benzene rings is 3. The molecule has 7 heteroatoms. The molecule has 2 N–H and O–H groups in total. The number of hydrogen-bond acceptors (Lipinski definition) is 5. The molecule has 0 saturated heterocycles. The Labute approximate surface area is 185 Å². The minimum absolute atomic E-state index is 0.256. The van der Waals surface area contributed by atoms with Crippen LogP contribution >= 0.6 is 0 Å². The van der Waals surface area contributed by atoms with Gasteiger partial charge < -0.3 is 9.26 Å². The first-order valence-electron chi connectivity index (χ1n) is 10.0. The number of nitrogens with zero attached hydrogens (tertiary/aromatic N) is 1. The maximum Gasteiger partial charge on any atom is 0.276 e. The molecule has 0 fully saturated rings. The summed E-state index contributed by atoms with van der Waals surface area (Å²) < 4.78 is 10.9. The van der Waals surface area contributed by atoms with Crippen molar-refractivity contribution in [3.05, 3.63) is 96.3 Å². The molecule has 0 unspecified atom stereocenters. The van der Waals surface area contributed by atoms with Crippen molar-refractivity contribution in [3.63, 3.8) is 0 Å². The SMILES string of the molecule is Cc1onc(-c2ccccc2)c1C(=O)NNC(=O)COc1ccccc1-c1ccccc1. The summed E-state index contributed by atoms with van der Waals surface area (Å²) in [6.45, 7) is 1.37. The monoisotopic (exact) mass is 427 g/mol. The maximum absolute atomic E-state index is 12.7. The summed E-state index contributed by atoms with van der Waals surface area (Å²) in [5, 5.41) is 3.98. The summed E-state index contributed by atoms with van der Waals surface area (Å²) in [5.41, 5.74) is 8.03. The molecule has 0 radical (unpaired) electrons. The number of hydrogen-bond donors (Lipinski definition) is 2. The van der Waals surface area contributed by atoms with E-state index in [1.54, 1.807) is 13.0 Å². The summed E-state index contributed by atoms with van der Waals surface area (Å²) in [4.78, 5) is 25.0. The number of aromatic nitrogens is 1. The summed E-state index contributed by atoms with van der Waals surface area (Å²) in [7, 11) is 0. The zero-order valence-electron chi connectivity index (χ0n) is 17.4. The molecule has 4 aromatic rings. The first kappa shape index (κ1) is 20.9. The molecule has 3 aromatic carbocycles. The first-order chi connectivity index (χ1) is 15.6. The van der Waals surface area contributed by atoms with Crippen LogP contribution in [0.4, 0.5) is 0 Å². The number of nitrogens with one attached hydrogen (secondary N) is 2. The minimum atomic E-state index is -0.527. The Morgan fingerprint density at radius 1 is 0.844 bits per heavy atom. The highest BCUT2D eigenvalue weighted by Gasteiger charge is 2.22. The number of ether oxygens (including phenoxy) is 1. The molecule has 0 aliphatic heterocycles. The van der Waals surface area contributed by atoms with Crippen molar-refractivity contribution in [2.75, 3.05) is 6.61 Å². The van der Waals surface area contributed by atoms with Crippen molar-refractivity contribution < 1.29 is 18.8 Å². The van der Waals surface area contributed by atoms with E-state index in [1.165, 1.54) is 0 Å². The van der Waals surface area contributed by atoms with Crippen LogP contribution in [0, 0.1) is 6.92 Å². The van der Waals surface area contributed by atoms with Crippen molar-refractivity contribution in [1.82, 2.24) is 16.0 Å². The van der Waals surface area contributed by atoms with Crippen LogP contribution in [0.25, 0.3) is 22.4 Å². The van der Waals surface area contributed by atoms with Gasteiger partial charge in [0.2, 0.25) is 0 Å². The second-order valence-electron chi connectivity index (χ2n) is 6.98. The van der Waals surface area contributed by atoms with Gasteiger partial charge in [0.05, 0.1) is 0 Å². The zero-order chi connectivity index (χ0) is 22.3. The van der Waals surface area contributed by atoms with Gasteiger partial charge in [0, 0.05) is 11.1 Å². The van der Waals surface area contributed by atoms with Gasteiger partial charge in [-0.15, -0.1) is 0 Å². The molecular weight excluding hydrogens is 406 g/mol. The van der Waals surface area contributed by atoms with Crippen molar-refractivity contribution in [3.8, 4) is 28.1 Å². The van der Waals surface area contributed by atoms with E-state index in [1.807, 2.05) is 78.9 Å². The molecule has 0 saturated carbocycles. The van der Waals surface area contributed by atoms with Crippen molar-refractivity contribution in [1.29, 1.82) is 0 Å². The largest absolute Gasteiger partial charge is 0.483 e. The number of amides is 2. The van der Waals surface area contributed by atoms with Gasteiger partial charge in [0.1, 0.15) is 22.8 Å². The number of para-hydroxylation sites is 1. The van der Waals surface area contributed by atoms with Gasteiger partial charge in [-0.1, -0.05) is 84.0 Å². The first-order valence-corrected chi connectivity index (χ1v) is 10.0. The maximum atomic E-state index is 12.7. The Bertz CT molecular complexity index is 1220. The van der Waals surface area contributed by atoms with Gasteiger partial charge in [-0.3, -0.25) is 20.4 Å². The fourth-order valence-electron chi connectivity index (χ4n) is 3.25. The minimum Gasteiger partial charge on any atom is -0.483 e. The lowest BCUT2D eigenvalue weighted by Crippen LogP contribution is -2.44. The third kappa shape index (κ3) is 4.67. The molecule has 0 atom stereocenters. The highest BCUT2D eigenvalue weighted by molar-refractivity contribution is 6.01. The van der Waals surface area contributed by atoms with Crippen molar-refractivity contribution in [2.24, 2.45) is 0 Å². The second-order valence-corrected chi connectivity index (χ2v) is 6.98. The lowest BCUT2D eigenvalue weighted by Gasteiger charge is -2.12. The molecule has 160 valence electrons. The van der Waals surface area contributed by atoms with Crippen LogP contribution in [0.3, 0.4) is 0 Å². The molecule has 2 amide bonds. The summed E-state index contributed by atoms with van der Waals surface area (Å²) in [5.74, 6) is -0.109. The normalized spacial score (nSPS) is 10.4. The number of aryl methyl sites for hydroxylation is 1. The fraction of sp³-hybridized carbons (Fsp3) is 0.0800. The van der Waals surface area contributed by atoms with Crippen LogP contribution in [-0.4, -0.2) is 23.6 Å². The van der Waals surface area contributed by atoms with E-state index in [0.717, 1.165) is 16.7 Å². The molecule has 0 bridgehead atoms. The number of rotatable bonds is 6. The molecule has 1 aromatic heterocycles. The molecule has 4 rings (SSSR count). The van der Waals surface area contributed by atoms with Gasteiger partial charge >= 0.3 is 0 Å².